The first-order valence-corrected chi connectivity index (χ1v) is 13.7. The van der Waals surface area contributed by atoms with Crippen LogP contribution in [0.2, 0.25) is 0 Å². The standard InChI is InChI=1S/C30H50O/c1-20-21(31)9-10-22-27(20,5)12-11-23-28(22,6)16-18-30(8)24-19-25(2,3)13-14-26(24,4)15-17-29(23,30)7/h20,22-24H,9-19H2,1-8H3/t20-,22+,23-,24+,26-,27-,28-,29-,30+/m1/s1. The Balaban J connectivity index is 1.55. The number of fused-ring (bicyclic) bond motifs is 7. The summed E-state index contributed by atoms with van der Waals surface area (Å²) >= 11 is 0. The molecule has 0 aromatic heterocycles. The zero-order chi connectivity index (χ0) is 22.7. The number of rotatable bonds is 0. The molecular weight excluding hydrogens is 376 g/mol. The van der Waals surface area contributed by atoms with E-state index in [1.54, 1.807) is 0 Å². The zero-order valence-electron chi connectivity index (χ0n) is 22.0. The lowest BCUT2D eigenvalue weighted by Gasteiger charge is -2.74. The summed E-state index contributed by atoms with van der Waals surface area (Å²) in [6.45, 7) is 20.7. The maximum Gasteiger partial charge on any atom is 0.136 e. The van der Waals surface area contributed by atoms with Crippen molar-refractivity contribution in [2.45, 2.75) is 126 Å². The van der Waals surface area contributed by atoms with Gasteiger partial charge in [0.2, 0.25) is 0 Å². The molecule has 0 heterocycles. The van der Waals surface area contributed by atoms with Crippen LogP contribution in [0.25, 0.3) is 0 Å². The van der Waals surface area contributed by atoms with Crippen molar-refractivity contribution in [3.8, 4) is 0 Å². The summed E-state index contributed by atoms with van der Waals surface area (Å²) in [5.74, 6) is 3.27. The second-order valence-corrected chi connectivity index (χ2v) is 15.3. The summed E-state index contributed by atoms with van der Waals surface area (Å²) in [6, 6.07) is 0. The normalized spacial score (nSPS) is 58.5. The SMILES string of the molecule is C[C@@H]1C(=O)CC[C@H]2[C@]1(C)CC[C@@H]1[C@]2(C)CC[C@@]2(C)[C@H]3CC(C)(C)CC[C@]3(C)CC[C@]12C. The average Bonchev–Trinajstić information content (AvgIpc) is 2.69. The van der Waals surface area contributed by atoms with Gasteiger partial charge in [0.15, 0.2) is 0 Å². The van der Waals surface area contributed by atoms with Crippen LogP contribution in [-0.4, -0.2) is 5.78 Å². The smallest absolute Gasteiger partial charge is 0.136 e. The van der Waals surface area contributed by atoms with Crippen LogP contribution >= 0.6 is 0 Å². The van der Waals surface area contributed by atoms with Gasteiger partial charge >= 0.3 is 0 Å². The number of hydrogen-bond donors (Lipinski definition) is 0. The molecule has 9 atom stereocenters. The van der Waals surface area contributed by atoms with Gasteiger partial charge in [-0.3, -0.25) is 4.79 Å². The number of hydrogen-bond acceptors (Lipinski definition) is 1. The molecule has 0 bridgehead atoms. The van der Waals surface area contributed by atoms with Gasteiger partial charge in [-0.15, -0.1) is 0 Å². The number of carbonyl (C=O) groups is 1. The summed E-state index contributed by atoms with van der Waals surface area (Å²) in [5, 5.41) is 0. The van der Waals surface area contributed by atoms with Gasteiger partial charge in [0.1, 0.15) is 5.78 Å². The van der Waals surface area contributed by atoms with E-state index < -0.39 is 0 Å². The Hall–Kier alpha value is -0.330. The number of Topliss-reactive ketones (excluding diaryl/α,β-unsaturated/α-hetero) is 1. The second kappa shape index (κ2) is 6.41. The van der Waals surface area contributed by atoms with E-state index in [2.05, 4.69) is 55.4 Å². The lowest BCUT2D eigenvalue weighted by atomic mass is 9.30. The first-order chi connectivity index (χ1) is 14.2. The molecular formula is C30H50O. The fourth-order valence-corrected chi connectivity index (χ4v) is 11.2. The van der Waals surface area contributed by atoms with Crippen LogP contribution in [0.1, 0.15) is 126 Å². The predicted octanol–water partition coefficient (Wildman–Crippen LogP) is 8.46. The Morgan fingerprint density at radius 3 is 1.97 bits per heavy atom. The highest BCUT2D eigenvalue weighted by Crippen LogP contribution is 2.78. The molecule has 0 aromatic rings. The predicted molar refractivity (Wildman–Crippen MR) is 130 cm³/mol. The Labute approximate surface area is 192 Å². The highest BCUT2D eigenvalue weighted by atomic mass is 16.1. The minimum atomic E-state index is 0.237. The molecule has 0 unspecified atom stereocenters. The van der Waals surface area contributed by atoms with Crippen molar-refractivity contribution in [1.82, 2.24) is 0 Å². The summed E-state index contributed by atoms with van der Waals surface area (Å²) in [4.78, 5) is 12.7. The highest BCUT2D eigenvalue weighted by molar-refractivity contribution is 5.82. The van der Waals surface area contributed by atoms with Gasteiger partial charge < -0.3 is 0 Å². The molecule has 0 aromatic carbocycles. The van der Waals surface area contributed by atoms with Crippen LogP contribution in [0.5, 0.6) is 0 Å². The van der Waals surface area contributed by atoms with Gasteiger partial charge in [-0.05, 0) is 114 Å². The monoisotopic (exact) mass is 426 g/mol. The first kappa shape index (κ1) is 22.5. The molecule has 5 rings (SSSR count). The van der Waals surface area contributed by atoms with E-state index in [9.17, 15) is 4.79 Å². The van der Waals surface area contributed by atoms with Crippen LogP contribution in [-0.2, 0) is 4.79 Å². The van der Waals surface area contributed by atoms with Gasteiger partial charge in [-0.25, -0.2) is 0 Å². The van der Waals surface area contributed by atoms with E-state index in [1.165, 1.54) is 57.8 Å². The minimum Gasteiger partial charge on any atom is -0.299 e. The summed E-state index contributed by atoms with van der Waals surface area (Å²) < 4.78 is 0. The lowest BCUT2D eigenvalue weighted by molar-refractivity contribution is -0.256. The van der Waals surface area contributed by atoms with Crippen molar-refractivity contribution in [2.24, 2.45) is 56.2 Å². The van der Waals surface area contributed by atoms with Crippen LogP contribution in [0.3, 0.4) is 0 Å². The van der Waals surface area contributed by atoms with Gasteiger partial charge in [0, 0.05) is 12.3 Å². The molecule has 5 fully saturated rings. The van der Waals surface area contributed by atoms with Crippen LogP contribution in [0.4, 0.5) is 0 Å². The summed E-state index contributed by atoms with van der Waals surface area (Å²) in [7, 11) is 0. The van der Waals surface area contributed by atoms with Crippen molar-refractivity contribution in [1.29, 1.82) is 0 Å². The van der Waals surface area contributed by atoms with Crippen LogP contribution in [0, 0.1) is 56.2 Å². The molecule has 0 N–H and O–H groups in total. The lowest BCUT2D eigenvalue weighted by Crippen LogP contribution is -2.67. The van der Waals surface area contributed by atoms with Crippen molar-refractivity contribution >= 4 is 5.78 Å². The third kappa shape index (κ3) is 2.70. The summed E-state index contributed by atoms with van der Waals surface area (Å²) in [5.41, 5.74) is 2.67. The molecule has 31 heavy (non-hydrogen) atoms. The Kier molecular flexibility index (Phi) is 4.65. The highest BCUT2D eigenvalue weighted by Gasteiger charge is 2.70. The van der Waals surface area contributed by atoms with E-state index in [-0.39, 0.29) is 11.3 Å². The van der Waals surface area contributed by atoms with Crippen LogP contribution < -0.4 is 0 Å². The fraction of sp³-hybridized carbons (Fsp3) is 0.967. The number of ketones is 1. The fourth-order valence-electron chi connectivity index (χ4n) is 11.2. The Morgan fingerprint density at radius 1 is 0.645 bits per heavy atom. The quantitative estimate of drug-likeness (QED) is 0.379. The van der Waals surface area contributed by atoms with E-state index in [1.807, 2.05) is 0 Å². The molecule has 5 aliphatic rings. The Bertz CT molecular complexity index is 781. The first-order valence-electron chi connectivity index (χ1n) is 13.7. The maximum absolute atomic E-state index is 12.7. The van der Waals surface area contributed by atoms with Crippen molar-refractivity contribution in [2.75, 3.05) is 0 Å². The second-order valence-electron chi connectivity index (χ2n) is 15.3. The minimum absolute atomic E-state index is 0.237. The molecule has 0 radical (unpaired) electrons. The maximum atomic E-state index is 12.7. The van der Waals surface area contributed by atoms with E-state index in [0.717, 1.165) is 30.6 Å². The van der Waals surface area contributed by atoms with Gasteiger partial charge in [-0.1, -0.05) is 55.4 Å². The Morgan fingerprint density at radius 2 is 1.26 bits per heavy atom. The van der Waals surface area contributed by atoms with E-state index in [0.29, 0.717) is 32.9 Å². The molecule has 5 aliphatic carbocycles. The van der Waals surface area contributed by atoms with Crippen molar-refractivity contribution in [3.63, 3.8) is 0 Å². The molecule has 0 aliphatic heterocycles. The van der Waals surface area contributed by atoms with Crippen LogP contribution in [0.15, 0.2) is 0 Å². The topological polar surface area (TPSA) is 17.1 Å². The summed E-state index contributed by atoms with van der Waals surface area (Å²) in [6.07, 6.45) is 14.6. The molecule has 176 valence electrons. The molecule has 1 nitrogen and oxygen atoms in total. The van der Waals surface area contributed by atoms with E-state index in [4.69, 9.17) is 0 Å². The molecule has 5 saturated carbocycles. The van der Waals surface area contributed by atoms with Gasteiger partial charge in [-0.2, -0.15) is 0 Å². The number of carbonyl (C=O) groups excluding carboxylic acids is 1. The molecule has 0 amide bonds. The van der Waals surface area contributed by atoms with Gasteiger partial charge in [0.05, 0.1) is 0 Å². The van der Waals surface area contributed by atoms with Crippen molar-refractivity contribution in [3.05, 3.63) is 0 Å². The molecule has 0 spiro atoms. The van der Waals surface area contributed by atoms with Gasteiger partial charge in [0.25, 0.3) is 0 Å². The molecule has 1 heteroatoms. The average molecular weight is 427 g/mol. The third-order valence-corrected chi connectivity index (χ3v) is 13.7. The largest absolute Gasteiger partial charge is 0.299 e. The zero-order valence-corrected chi connectivity index (χ0v) is 22.0. The molecule has 0 saturated heterocycles. The van der Waals surface area contributed by atoms with E-state index >= 15 is 0 Å². The third-order valence-electron chi connectivity index (χ3n) is 13.7. The van der Waals surface area contributed by atoms with Crippen molar-refractivity contribution < 1.29 is 4.79 Å².